The number of hydrazine groups is 1. The van der Waals surface area contributed by atoms with Crippen molar-refractivity contribution in [3.63, 3.8) is 0 Å². The van der Waals surface area contributed by atoms with Gasteiger partial charge in [-0.05, 0) is 30.5 Å². The third-order valence-corrected chi connectivity index (χ3v) is 3.72. The minimum Gasteiger partial charge on any atom is -0.497 e. The van der Waals surface area contributed by atoms with Gasteiger partial charge in [0, 0.05) is 7.11 Å². The highest BCUT2D eigenvalue weighted by atomic mass is 16.5. The predicted octanol–water partition coefficient (Wildman–Crippen LogP) is 2.40. The highest BCUT2D eigenvalue weighted by Gasteiger charge is 2.36. The molecule has 1 atom stereocenters. The topological polar surface area (TPSA) is 56.5 Å². The van der Waals surface area contributed by atoms with Crippen molar-refractivity contribution in [2.45, 2.75) is 38.3 Å². The normalized spacial score (nSPS) is 13.4. The summed E-state index contributed by atoms with van der Waals surface area (Å²) in [7, 11) is 3.39. The standard InChI is InChI=1S/C14H24N2O2/c1-5-14(6-2,18-4)13(16-15)11-8-7-9-12(10-11)17-3/h7-10,13,16H,5-6,15H2,1-4H3. The number of methoxy groups -OCH3 is 2. The Morgan fingerprint density at radius 3 is 2.39 bits per heavy atom. The van der Waals surface area contributed by atoms with Crippen LogP contribution in [0.1, 0.15) is 38.3 Å². The van der Waals surface area contributed by atoms with E-state index >= 15 is 0 Å². The Kier molecular flexibility index (Phi) is 5.59. The number of benzene rings is 1. The summed E-state index contributed by atoms with van der Waals surface area (Å²) in [5, 5.41) is 0. The van der Waals surface area contributed by atoms with Crippen LogP contribution >= 0.6 is 0 Å². The lowest BCUT2D eigenvalue weighted by Crippen LogP contribution is -2.47. The van der Waals surface area contributed by atoms with Gasteiger partial charge in [0.1, 0.15) is 5.75 Å². The first-order valence-corrected chi connectivity index (χ1v) is 6.32. The molecule has 0 aromatic heterocycles. The van der Waals surface area contributed by atoms with E-state index in [0.29, 0.717) is 0 Å². The average molecular weight is 252 g/mol. The molecule has 1 unspecified atom stereocenters. The zero-order valence-corrected chi connectivity index (χ0v) is 11.7. The van der Waals surface area contributed by atoms with Crippen LogP contribution in [0.15, 0.2) is 24.3 Å². The number of nitrogens with two attached hydrogens (primary N) is 1. The Hall–Kier alpha value is -1.10. The summed E-state index contributed by atoms with van der Waals surface area (Å²) in [5.41, 5.74) is 3.65. The van der Waals surface area contributed by atoms with E-state index in [1.807, 2.05) is 24.3 Å². The van der Waals surface area contributed by atoms with E-state index in [1.165, 1.54) is 0 Å². The molecule has 1 aromatic carbocycles. The van der Waals surface area contributed by atoms with Crippen molar-refractivity contribution in [3.8, 4) is 5.75 Å². The van der Waals surface area contributed by atoms with Crippen LogP contribution in [-0.4, -0.2) is 19.8 Å². The van der Waals surface area contributed by atoms with E-state index in [1.54, 1.807) is 14.2 Å². The summed E-state index contributed by atoms with van der Waals surface area (Å²) in [6.45, 7) is 4.22. The van der Waals surface area contributed by atoms with Crippen LogP contribution in [0.2, 0.25) is 0 Å². The van der Waals surface area contributed by atoms with Gasteiger partial charge in [0.25, 0.3) is 0 Å². The quantitative estimate of drug-likeness (QED) is 0.578. The van der Waals surface area contributed by atoms with Gasteiger partial charge in [-0.15, -0.1) is 0 Å². The van der Waals surface area contributed by atoms with E-state index in [0.717, 1.165) is 24.2 Å². The first kappa shape index (κ1) is 15.0. The van der Waals surface area contributed by atoms with E-state index in [2.05, 4.69) is 19.3 Å². The lowest BCUT2D eigenvalue weighted by Gasteiger charge is -2.38. The zero-order valence-electron chi connectivity index (χ0n) is 11.7. The van der Waals surface area contributed by atoms with Gasteiger partial charge < -0.3 is 9.47 Å². The van der Waals surface area contributed by atoms with Crippen LogP contribution < -0.4 is 16.0 Å². The van der Waals surface area contributed by atoms with Crippen LogP contribution in [0.4, 0.5) is 0 Å². The summed E-state index contributed by atoms with van der Waals surface area (Å²) in [6.07, 6.45) is 1.76. The van der Waals surface area contributed by atoms with Gasteiger partial charge in [-0.3, -0.25) is 11.3 Å². The molecule has 0 radical (unpaired) electrons. The van der Waals surface area contributed by atoms with Gasteiger partial charge in [-0.2, -0.15) is 0 Å². The van der Waals surface area contributed by atoms with Gasteiger partial charge in [-0.25, -0.2) is 0 Å². The molecule has 1 aromatic rings. The number of ether oxygens (including phenoxy) is 2. The van der Waals surface area contributed by atoms with Gasteiger partial charge in [0.05, 0.1) is 18.8 Å². The van der Waals surface area contributed by atoms with Crippen molar-refractivity contribution in [1.29, 1.82) is 0 Å². The second-order valence-electron chi connectivity index (χ2n) is 4.35. The Balaban J connectivity index is 3.14. The Labute approximate surface area is 109 Å². The Morgan fingerprint density at radius 2 is 1.94 bits per heavy atom. The molecule has 0 saturated carbocycles. The molecule has 0 amide bonds. The first-order valence-electron chi connectivity index (χ1n) is 6.32. The van der Waals surface area contributed by atoms with Crippen LogP contribution in [0.3, 0.4) is 0 Å². The minimum atomic E-state index is -0.304. The highest BCUT2D eigenvalue weighted by molar-refractivity contribution is 5.32. The molecular formula is C14H24N2O2. The van der Waals surface area contributed by atoms with Crippen molar-refractivity contribution in [1.82, 2.24) is 5.43 Å². The van der Waals surface area contributed by atoms with Gasteiger partial charge in [0.15, 0.2) is 0 Å². The Bertz CT molecular complexity index is 356. The molecule has 1 rings (SSSR count). The van der Waals surface area contributed by atoms with Crippen molar-refractivity contribution in [2.75, 3.05) is 14.2 Å². The number of rotatable bonds is 7. The van der Waals surface area contributed by atoms with Crippen LogP contribution in [0.25, 0.3) is 0 Å². The second kappa shape index (κ2) is 6.73. The molecule has 0 aliphatic heterocycles. The molecule has 0 aliphatic carbocycles. The first-order chi connectivity index (χ1) is 8.67. The molecule has 102 valence electrons. The lowest BCUT2D eigenvalue weighted by molar-refractivity contribution is -0.0487. The van der Waals surface area contributed by atoms with Crippen molar-refractivity contribution in [2.24, 2.45) is 5.84 Å². The Morgan fingerprint density at radius 1 is 1.28 bits per heavy atom. The average Bonchev–Trinajstić information content (AvgIpc) is 2.45. The predicted molar refractivity (Wildman–Crippen MR) is 73.4 cm³/mol. The third kappa shape index (κ3) is 2.83. The summed E-state index contributed by atoms with van der Waals surface area (Å²) >= 11 is 0. The van der Waals surface area contributed by atoms with E-state index < -0.39 is 0 Å². The lowest BCUT2D eigenvalue weighted by atomic mass is 9.84. The maximum atomic E-state index is 5.74. The summed E-state index contributed by atoms with van der Waals surface area (Å²) < 4.78 is 11.0. The fraction of sp³-hybridized carbons (Fsp3) is 0.571. The number of hydrogen-bond acceptors (Lipinski definition) is 4. The van der Waals surface area contributed by atoms with Gasteiger partial charge in [-0.1, -0.05) is 26.0 Å². The SMILES string of the molecule is CCC(CC)(OC)C(NN)c1cccc(OC)c1. The maximum absolute atomic E-state index is 5.74. The van der Waals surface area contributed by atoms with E-state index in [-0.39, 0.29) is 11.6 Å². The molecule has 0 bridgehead atoms. The maximum Gasteiger partial charge on any atom is 0.119 e. The second-order valence-corrected chi connectivity index (χ2v) is 4.35. The molecular weight excluding hydrogens is 228 g/mol. The van der Waals surface area contributed by atoms with Crippen LogP contribution in [-0.2, 0) is 4.74 Å². The molecule has 0 heterocycles. The smallest absolute Gasteiger partial charge is 0.119 e. The van der Waals surface area contributed by atoms with Gasteiger partial charge in [0.2, 0.25) is 0 Å². The van der Waals surface area contributed by atoms with Crippen molar-refractivity contribution in [3.05, 3.63) is 29.8 Å². The molecule has 4 heteroatoms. The van der Waals surface area contributed by atoms with Crippen LogP contribution in [0.5, 0.6) is 5.75 Å². The summed E-state index contributed by atoms with van der Waals surface area (Å²) in [4.78, 5) is 0. The molecule has 0 saturated heterocycles. The molecule has 3 N–H and O–H groups in total. The molecule has 0 fully saturated rings. The van der Waals surface area contributed by atoms with Crippen LogP contribution in [0, 0.1) is 0 Å². The molecule has 18 heavy (non-hydrogen) atoms. The van der Waals surface area contributed by atoms with Crippen molar-refractivity contribution < 1.29 is 9.47 Å². The summed E-state index contributed by atoms with van der Waals surface area (Å²) in [6, 6.07) is 7.84. The minimum absolute atomic E-state index is 0.0624. The highest BCUT2D eigenvalue weighted by Crippen LogP contribution is 2.35. The van der Waals surface area contributed by atoms with E-state index in [9.17, 15) is 0 Å². The zero-order chi connectivity index (χ0) is 13.6. The largest absolute Gasteiger partial charge is 0.497 e. The fourth-order valence-electron chi connectivity index (χ4n) is 2.44. The monoisotopic (exact) mass is 252 g/mol. The van der Waals surface area contributed by atoms with Crippen molar-refractivity contribution >= 4 is 0 Å². The van der Waals surface area contributed by atoms with E-state index in [4.69, 9.17) is 15.3 Å². The molecule has 4 nitrogen and oxygen atoms in total. The number of hydrogen-bond donors (Lipinski definition) is 2. The summed E-state index contributed by atoms with van der Waals surface area (Å²) in [5.74, 6) is 6.56. The third-order valence-electron chi connectivity index (χ3n) is 3.72. The fourth-order valence-corrected chi connectivity index (χ4v) is 2.44. The molecule has 0 spiro atoms. The van der Waals surface area contributed by atoms with Gasteiger partial charge >= 0.3 is 0 Å². The number of nitrogens with one attached hydrogen (secondary N) is 1. The molecule has 0 aliphatic rings.